The van der Waals surface area contributed by atoms with Crippen LogP contribution in [0, 0.1) is 0 Å². The lowest BCUT2D eigenvalue weighted by atomic mass is 10.1. The minimum atomic E-state index is -0.133. The van der Waals surface area contributed by atoms with Crippen molar-refractivity contribution in [1.82, 2.24) is 14.9 Å². The molecule has 4 heteroatoms. The molecule has 0 unspecified atom stereocenters. The quantitative estimate of drug-likeness (QED) is 0.653. The van der Waals surface area contributed by atoms with Crippen LogP contribution in [0.3, 0.4) is 0 Å². The fourth-order valence-corrected chi connectivity index (χ4v) is 3.05. The van der Waals surface area contributed by atoms with Gasteiger partial charge < -0.3 is 9.88 Å². The number of rotatable bonds is 7. The van der Waals surface area contributed by atoms with Gasteiger partial charge in [-0.05, 0) is 18.1 Å². The van der Waals surface area contributed by atoms with Crippen LogP contribution in [0.5, 0.6) is 0 Å². The highest BCUT2D eigenvalue weighted by atomic mass is 16.1. The molecule has 2 aromatic carbocycles. The second-order valence-electron chi connectivity index (χ2n) is 6.77. The molecule has 1 heterocycles. The summed E-state index contributed by atoms with van der Waals surface area (Å²) in [6.07, 6.45) is 1.50. The predicted octanol–water partition coefficient (Wildman–Crippen LogP) is 3.79. The number of carbonyl (C=O) groups excluding carboxylic acids is 1. The van der Waals surface area contributed by atoms with Crippen molar-refractivity contribution in [2.75, 3.05) is 0 Å². The lowest BCUT2D eigenvalue weighted by Gasteiger charge is -2.09. The topological polar surface area (TPSA) is 46.9 Å². The number of nitrogens with zero attached hydrogens (tertiary/aromatic N) is 2. The zero-order valence-corrected chi connectivity index (χ0v) is 15.9. The Morgan fingerprint density at radius 2 is 1.56 bits per heavy atom. The first-order valence-electron chi connectivity index (χ1n) is 9.09. The van der Waals surface area contributed by atoms with Crippen molar-refractivity contribution in [1.29, 1.82) is 0 Å². The second-order valence-corrected chi connectivity index (χ2v) is 6.77. The van der Waals surface area contributed by atoms with Gasteiger partial charge in [0.05, 0.1) is 17.9 Å². The van der Waals surface area contributed by atoms with Crippen molar-refractivity contribution < 1.29 is 4.79 Å². The van der Waals surface area contributed by atoms with Crippen molar-refractivity contribution in [3.05, 3.63) is 101 Å². The first kappa shape index (κ1) is 18.6. The van der Waals surface area contributed by atoms with Gasteiger partial charge >= 0.3 is 0 Å². The molecule has 1 aromatic heterocycles. The molecule has 0 saturated carbocycles. The number of imidazole rings is 1. The van der Waals surface area contributed by atoms with Gasteiger partial charge in [0.2, 0.25) is 5.91 Å². The second kappa shape index (κ2) is 8.49. The standard InChI is InChI=1S/C23H25N3O/c1-17(2)23(27)24-16-21-20(14-18-10-6-4-7-11-18)25-22(26(21)3)15-19-12-8-5-9-13-19/h4-13H,1,14-16H2,2-3H3,(H,24,27). The summed E-state index contributed by atoms with van der Waals surface area (Å²) in [7, 11) is 2.02. The van der Waals surface area contributed by atoms with Crippen molar-refractivity contribution in [3.63, 3.8) is 0 Å². The molecule has 0 aliphatic rings. The van der Waals surface area contributed by atoms with E-state index >= 15 is 0 Å². The predicted molar refractivity (Wildman–Crippen MR) is 108 cm³/mol. The highest BCUT2D eigenvalue weighted by Crippen LogP contribution is 2.18. The average Bonchev–Trinajstić information content (AvgIpc) is 2.96. The van der Waals surface area contributed by atoms with Gasteiger partial charge in [-0.1, -0.05) is 67.2 Å². The van der Waals surface area contributed by atoms with Gasteiger partial charge in [-0.25, -0.2) is 4.98 Å². The van der Waals surface area contributed by atoms with Gasteiger partial charge in [0.15, 0.2) is 0 Å². The van der Waals surface area contributed by atoms with Crippen molar-refractivity contribution in [2.24, 2.45) is 7.05 Å². The highest BCUT2D eigenvalue weighted by Gasteiger charge is 2.16. The molecule has 0 aliphatic heterocycles. The summed E-state index contributed by atoms with van der Waals surface area (Å²) >= 11 is 0. The Hall–Kier alpha value is -3.14. The third kappa shape index (κ3) is 4.73. The molecule has 27 heavy (non-hydrogen) atoms. The number of nitrogens with one attached hydrogen (secondary N) is 1. The summed E-state index contributed by atoms with van der Waals surface area (Å²) in [6, 6.07) is 20.6. The SMILES string of the molecule is C=C(C)C(=O)NCc1c(Cc2ccccc2)nc(Cc2ccccc2)n1C. The Labute approximate surface area is 160 Å². The minimum absolute atomic E-state index is 0.133. The Morgan fingerprint density at radius 3 is 2.11 bits per heavy atom. The largest absolute Gasteiger partial charge is 0.347 e. The Bertz CT molecular complexity index is 927. The summed E-state index contributed by atoms with van der Waals surface area (Å²) in [5.74, 6) is 0.859. The number of hydrogen-bond donors (Lipinski definition) is 1. The van der Waals surface area contributed by atoms with Crippen molar-refractivity contribution in [2.45, 2.75) is 26.3 Å². The Balaban J connectivity index is 1.89. The first-order chi connectivity index (χ1) is 13.0. The van der Waals surface area contributed by atoms with E-state index in [9.17, 15) is 4.79 Å². The maximum atomic E-state index is 12.0. The lowest BCUT2D eigenvalue weighted by Crippen LogP contribution is -2.25. The first-order valence-corrected chi connectivity index (χ1v) is 9.09. The van der Waals surface area contributed by atoms with E-state index in [1.165, 1.54) is 11.1 Å². The molecule has 3 rings (SSSR count). The molecule has 1 amide bonds. The monoisotopic (exact) mass is 359 g/mol. The van der Waals surface area contributed by atoms with Crippen LogP contribution in [0.4, 0.5) is 0 Å². The molecule has 4 nitrogen and oxygen atoms in total. The Morgan fingerprint density at radius 1 is 1.00 bits per heavy atom. The van der Waals surface area contributed by atoms with E-state index < -0.39 is 0 Å². The number of benzene rings is 2. The van der Waals surface area contributed by atoms with E-state index in [4.69, 9.17) is 4.98 Å². The molecular formula is C23H25N3O. The van der Waals surface area contributed by atoms with Gasteiger partial charge in [0.25, 0.3) is 0 Å². The maximum absolute atomic E-state index is 12.0. The summed E-state index contributed by atoms with van der Waals surface area (Å²) in [5.41, 5.74) is 4.95. The third-order valence-corrected chi connectivity index (χ3v) is 4.61. The molecule has 0 bridgehead atoms. The van der Waals surface area contributed by atoms with Gasteiger partial charge in [-0.2, -0.15) is 0 Å². The zero-order chi connectivity index (χ0) is 19.2. The summed E-state index contributed by atoms with van der Waals surface area (Å²) in [6.45, 7) is 5.86. The van der Waals surface area contributed by atoms with Crippen LogP contribution in [0.1, 0.15) is 35.3 Å². The van der Waals surface area contributed by atoms with Crippen LogP contribution in [0.15, 0.2) is 72.8 Å². The Kier molecular flexibility index (Phi) is 5.87. The molecule has 0 spiro atoms. The zero-order valence-electron chi connectivity index (χ0n) is 15.9. The van der Waals surface area contributed by atoms with Gasteiger partial charge in [0, 0.05) is 25.5 Å². The van der Waals surface area contributed by atoms with Gasteiger partial charge in [-0.3, -0.25) is 4.79 Å². The molecule has 0 saturated heterocycles. The van der Waals surface area contributed by atoms with E-state index in [1.807, 2.05) is 43.4 Å². The summed E-state index contributed by atoms with van der Waals surface area (Å²) < 4.78 is 2.10. The normalized spacial score (nSPS) is 10.6. The maximum Gasteiger partial charge on any atom is 0.246 e. The highest BCUT2D eigenvalue weighted by molar-refractivity contribution is 5.91. The van der Waals surface area contributed by atoms with Crippen LogP contribution in [0.2, 0.25) is 0 Å². The molecule has 0 atom stereocenters. The summed E-state index contributed by atoms with van der Waals surface area (Å²) in [5, 5.41) is 2.94. The van der Waals surface area contributed by atoms with E-state index in [-0.39, 0.29) is 5.91 Å². The van der Waals surface area contributed by atoms with Crippen LogP contribution < -0.4 is 5.32 Å². The van der Waals surface area contributed by atoms with Crippen LogP contribution in [-0.4, -0.2) is 15.5 Å². The lowest BCUT2D eigenvalue weighted by molar-refractivity contribution is -0.117. The molecule has 0 radical (unpaired) electrons. The molecule has 3 aromatic rings. The smallest absolute Gasteiger partial charge is 0.246 e. The fraction of sp³-hybridized carbons (Fsp3) is 0.217. The minimum Gasteiger partial charge on any atom is -0.347 e. The number of hydrogen-bond acceptors (Lipinski definition) is 2. The van der Waals surface area contributed by atoms with Crippen LogP contribution >= 0.6 is 0 Å². The molecule has 1 N–H and O–H groups in total. The van der Waals surface area contributed by atoms with E-state index in [1.54, 1.807) is 6.92 Å². The molecule has 0 fully saturated rings. The van der Waals surface area contributed by atoms with E-state index in [0.29, 0.717) is 12.1 Å². The average molecular weight is 359 g/mol. The van der Waals surface area contributed by atoms with Crippen molar-refractivity contribution in [3.8, 4) is 0 Å². The van der Waals surface area contributed by atoms with Crippen molar-refractivity contribution >= 4 is 5.91 Å². The van der Waals surface area contributed by atoms with Crippen LogP contribution in [-0.2, 0) is 31.2 Å². The van der Waals surface area contributed by atoms with E-state index in [2.05, 4.69) is 40.7 Å². The number of carbonyl (C=O) groups is 1. The van der Waals surface area contributed by atoms with Gasteiger partial charge in [0.1, 0.15) is 5.82 Å². The summed E-state index contributed by atoms with van der Waals surface area (Å²) in [4.78, 5) is 16.9. The number of aromatic nitrogens is 2. The van der Waals surface area contributed by atoms with Crippen LogP contribution in [0.25, 0.3) is 0 Å². The number of amides is 1. The van der Waals surface area contributed by atoms with E-state index in [0.717, 1.165) is 30.1 Å². The molecule has 0 aliphatic carbocycles. The fourth-order valence-electron chi connectivity index (χ4n) is 3.05. The third-order valence-electron chi connectivity index (χ3n) is 4.61. The van der Waals surface area contributed by atoms with Gasteiger partial charge in [-0.15, -0.1) is 0 Å². The molecule has 138 valence electrons. The molecular weight excluding hydrogens is 334 g/mol.